The Bertz CT molecular complexity index is 934. The van der Waals surface area contributed by atoms with Crippen molar-refractivity contribution >= 4 is 16.8 Å². The first-order valence-electron chi connectivity index (χ1n) is 8.95. The number of hydrogen-bond acceptors (Lipinski definition) is 4. The number of aryl methyl sites for hydroxylation is 1. The predicted octanol–water partition coefficient (Wildman–Crippen LogP) is 2.12. The van der Waals surface area contributed by atoms with E-state index >= 15 is 0 Å². The smallest absolute Gasteiger partial charge is 0.274 e. The Labute approximate surface area is 145 Å². The summed E-state index contributed by atoms with van der Waals surface area (Å²) >= 11 is 0. The zero-order valence-corrected chi connectivity index (χ0v) is 14.0. The first-order valence-corrected chi connectivity index (χ1v) is 8.95. The fourth-order valence-corrected chi connectivity index (χ4v) is 4.09. The second kappa shape index (κ2) is 5.68. The highest BCUT2D eigenvalue weighted by Gasteiger charge is 2.30. The maximum absolute atomic E-state index is 12.9. The molecule has 0 bridgehead atoms. The molecule has 25 heavy (non-hydrogen) atoms. The van der Waals surface area contributed by atoms with Gasteiger partial charge in [-0.25, -0.2) is 0 Å². The number of hydrogen-bond donors (Lipinski definition) is 1. The van der Waals surface area contributed by atoms with Crippen molar-refractivity contribution in [1.82, 2.24) is 29.9 Å². The molecular formula is C18H20N6O. The van der Waals surface area contributed by atoms with E-state index in [2.05, 4.69) is 25.0 Å². The van der Waals surface area contributed by atoms with Crippen molar-refractivity contribution in [1.29, 1.82) is 0 Å². The molecule has 7 nitrogen and oxygen atoms in total. The van der Waals surface area contributed by atoms with Gasteiger partial charge < -0.3 is 9.47 Å². The van der Waals surface area contributed by atoms with Crippen molar-refractivity contribution < 1.29 is 4.79 Å². The van der Waals surface area contributed by atoms with Gasteiger partial charge in [-0.15, -0.1) is 10.2 Å². The Kier molecular flexibility index (Phi) is 3.33. The minimum atomic E-state index is 0.0161. The summed E-state index contributed by atoms with van der Waals surface area (Å²) < 4.78 is 2.28. The molecule has 0 unspecified atom stereocenters. The molecule has 1 fully saturated rings. The fraction of sp³-hybridized carbons (Fsp3) is 0.444. The number of nitrogens with one attached hydrogen (secondary N) is 1. The van der Waals surface area contributed by atoms with Crippen molar-refractivity contribution in [2.45, 2.75) is 38.1 Å². The molecular weight excluding hydrogens is 316 g/mol. The summed E-state index contributed by atoms with van der Waals surface area (Å²) in [7, 11) is 0. The topological polar surface area (TPSA) is 79.7 Å². The van der Waals surface area contributed by atoms with Crippen LogP contribution < -0.4 is 0 Å². The normalized spacial score (nSPS) is 18.0. The molecule has 0 spiro atoms. The van der Waals surface area contributed by atoms with E-state index in [0.717, 1.165) is 61.4 Å². The van der Waals surface area contributed by atoms with E-state index in [-0.39, 0.29) is 5.91 Å². The first kappa shape index (κ1) is 14.6. The molecule has 128 valence electrons. The van der Waals surface area contributed by atoms with Gasteiger partial charge >= 0.3 is 0 Å². The van der Waals surface area contributed by atoms with E-state index in [1.54, 1.807) is 0 Å². The van der Waals surface area contributed by atoms with Crippen LogP contribution in [0.15, 0.2) is 24.3 Å². The van der Waals surface area contributed by atoms with Gasteiger partial charge in [0.25, 0.3) is 5.91 Å². The van der Waals surface area contributed by atoms with Gasteiger partial charge in [0.05, 0.1) is 5.52 Å². The molecule has 3 aromatic rings. The number of nitrogens with zero attached hydrogens (tertiary/aromatic N) is 5. The van der Waals surface area contributed by atoms with Gasteiger partial charge in [-0.2, -0.15) is 5.10 Å². The van der Waals surface area contributed by atoms with Crippen LogP contribution in [0.2, 0.25) is 0 Å². The summed E-state index contributed by atoms with van der Waals surface area (Å²) in [6.07, 6.45) is 4.08. The van der Waals surface area contributed by atoms with Gasteiger partial charge in [0.2, 0.25) is 0 Å². The van der Waals surface area contributed by atoms with Gasteiger partial charge in [0, 0.05) is 37.4 Å². The number of amides is 1. The maximum Gasteiger partial charge on any atom is 0.274 e. The van der Waals surface area contributed by atoms with Crippen LogP contribution in [0.5, 0.6) is 0 Å². The number of benzene rings is 1. The zero-order chi connectivity index (χ0) is 16.8. The number of rotatable bonds is 2. The zero-order valence-electron chi connectivity index (χ0n) is 14.0. The van der Waals surface area contributed by atoms with Crippen LogP contribution >= 0.6 is 0 Å². The van der Waals surface area contributed by atoms with Crippen molar-refractivity contribution in [3.63, 3.8) is 0 Å². The minimum Gasteiger partial charge on any atom is -0.337 e. The fourth-order valence-electron chi connectivity index (χ4n) is 4.09. The van der Waals surface area contributed by atoms with Crippen LogP contribution in [0.1, 0.15) is 47.3 Å². The third-order valence-corrected chi connectivity index (χ3v) is 5.46. The number of H-pyrrole nitrogens is 1. The molecule has 0 radical (unpaired) electrons. The molecule has 7 heteroatoms. The maximum atomic E-state index is 12.9. The van der Waals surface area contributed by atoms with Gasteiger partial charge in [0.1, 0.15) is 11.6 Å². The van der Waals surface area contributed by atoms with Crippen LogP contribution in [0.3, 0.4) is 0 Å². The molecule has 4 heterocycles. The first-order chi connectivity index (χ1) is 12.3. The predicted molar refractivity (Wildman–Crippen MR) is 92.3 cm³/mol. The molecule has 5 rings (SSSR count). The molecule has 2 aliphatic heterocycles. The summed E-state index contributed by atoms with van der Waals surface area (Å²) in [6, 6.07) is 7.76. The summed E-state index contributed by atoms with van der Waals surface area (Å²) in [4.78, 5) is 14.8. The Morgan fingerprint density at radius 3 is 2.84 bits per heavy atom. The van der Waals surface area contributed by atoms with E-state index in [9.17, 15) is 4.79 Å². The van der Waals surface area contributed by atoms with Crippen LogP contribution in [0, 0.1) is 0 Å². The molecule has 2 aliphatic rings. The molecule has 1 saturated heterocycles. The highest BCUT2D eigenvalue weighted by atomic mass is 16.2. The Morgan fingerprint density at radius 2 is 1.96 bits per heavy atom. The molecule has 1 amide bonds. The van der Waals surface area contributed by atoms with Gasteiger partial charge in [-0.1, -0.05) is 18.2 Å². The van der Waals surface area contributed by atoms with Crippen molar-refractivity contribution in [2.24, 2.45) is 0 Å². The number of aromatic nitrogens is 5. The number of fused-ring (bicyclic) bond motifs is 2. The third kappa shape index (κ3) is 2.33. The second-order valence-corrected chi connectivity index (χ2v) is 6.91. The summed E-state index contributed by atoms with van der Waals surface area (Å²) in [5, 5.41) is 16.8. The number of likely N-dealkylation sites (tertiary alicyclic amines) is 1. The van der Waals surface area contributed by atoms with Gasteiger partial charge in [0.15, 0.2) is 5.69 Å². The Hall–Kier alpha value is -2.70. The van der Waals surface area contributed by atoms with Gasteiger partial charge in [-0.3, -0.25) is 9.89 Å². The molecule has 0 saturated carbocycles. The lowest BCUT2D eigenvalue weighted by atomic mass is 9.95. The highest BCUT2D eigenvalue weighted by molar-refractivity contribution is 6.04. The minimum absolute atomic E-state index is 0.0161. The molecule has 0 atom stereocenters. The Balaban J connectivity index is 1.32. The van der Waals surface area contributed by atoms with E-state index in [1.165, 1.54) is 6.42 Å². The number of para-hydroxylation sites is 1. The lowest BCUT2D eigenvalue weighted by Crippen LogP contribution is -2.38. The van der Waals surface area contributed by atoms with Crippen LogP contribution in [0.25, 0.3) is 10.9 Å². The molecule has 2 aromatic heterocycles. The number of carbonyl (C=O) groups is 1. The largest absolute Gasteiger partial charge is 0.337 e. The van der Waals surface area contributed by atoms with Crippen molar-refractivity contribution in [3.8, 4) is 0 Å². The van der Waals surface area contributed by atoms with Crippen molar-refractivity contribution in [2.75, 3.05) is 13.1 Å². The summed E-state index contributed by atoms with van der Waals surface area (Å²) in [6.45, 7) is 2.52. The molecule has 1 aromatic carbocycles. The quantitative estimate of drug-likeness (QED) is 0.777. The van der Waals surface area contributed by atoms with E-state index < -0.39 is 0 Å². The summed E-state index contributed by atoms with van der Waals surface area (Å²) in [5.74, 6) is 2.66. The standard InChI is InChI=1S/C18H20N6O/c25-18(16-13-4-1-2-5-14(13)19-21-16)23-10-7-12(8-11-23)17-22-20-15-6-3-9-24(15)17/h1-2,4-5,12H,3,6-11H2,(H,19,21). The number of carbonyl (C=O) groups excluding carboxylic acids is 1. The van der Waals surface area contributed by atoms with Gasteiger partial charge in [-0.05, 0) is 25.3 Å². The van der Waals surface area contributed by atoms with Crippen molar-refractivity contribution in [3.05, 3.63) is 41.6 Å². The summed E-state index contributed by atoms with van der Waals surface area (Å²) in [5.41, 5.74) is 1.43. The SMILES string of the molecule is O=C(c1n[nH]c2ccccc12)N1CCC(c2nnc3n2CCC3)CC1. The van der Waals surface area contributed by atoms with Crippen LogP contribution in [0.4, 0.5) is 0 Å². The van der Waals surface area contributed by atoms with E-state index in [1.807, 2.05) is 29.2 Å². The lowest BCUT2D eigenvalue weighted by molar-refractivity contribution is 0.0706. The highest BCUT2D eigenvalue weighted by Crippen LogP contribution is 2.30. The van der Waals surface area contributed by atoms with Crippen LogP contribution in [-0.2, 0) is 13.0 Å². The average molecular weight is 336 g/mol. The average Bonchev–Trinajstić information content (AvgIpc) is 3.36. The monoisotopic (exact) mass is 336 g/mol. The number of piperidine rings is 1. The lowest BCUT2D eigenvalue weighted by Gasteiger charge is -2.31. The number of aromatic amines is 1. The van der Waals surface area contributed by atoms with Crippen LogP contribution in [-0.4, -0.2) is 48.9 Å². The third-order valence-electron chi connectivity index (χ3n) is 5.46. The van der Waals surface area contributed by atoms with E-state index in [0.29, 0.717) is 11.6 Å². The molecule has 1 N–H and O–H groups in total. The Morgan fingerprint density at radius 1 is 1.12 bits per heavy atom. The second-order valence-electron chi connectivity index (χ2n) is 6.91. The molecule has 0 aliphatic carbocycles. The van der Waals surface area contributed by atoms with E-state index in [4.69, 9.17) is 0 Å².